The van der Waals surface area contributed by atoms with Gasteiger partial charge in [0.2, 0.25) is 0 Å². The van der Waals surface area contributed by atoms with Crippen molar-refractivity contribution in [1.82, 2.24) is 5.01 Å². The van der Waals surface area contributed by atoms with Crippen LogP contribution in [0.1, 0.15) is 18.4 Å². The third-order valence-corrected chi connectivity index (χ3v) is 5.37. The number of hydrazone groups is 1. The van der Waals surface area contributed by atoms with Crippen molar-refractivity contribution in [2.75, 3.05) is 0 Å². The van der Waals surface area contributed by atoms with Crippen LogP contribution in [0.4, 0.5) is 5.69 Å². The SMILES string of the molecule is O=C1[C@@H]2[C@@H](C(=O)N1/N=C\c1cc([N+](=O)[O-])c(O)cc1O)[C@H]1C=C[C@H]2CC1. The Morgan fingerprint density at radius 2 is 1.65 bits per heavy atom. The van der Waals surface area contributed by atoms with Crippen LogP contribution in [-0.2, 0) is 9.59 Å². The molecule has 1 aromatic carbocycles. The minimum Gasteiger partial charge on any atom is -0.507 e. The molecule has 0 spiro atoms. The first-order valence-corrected chi connectivity index (χ1v) is 8.19. The summed E-state index contributed by atoms with van der Waals surface area (Å²) in [6.07, 6.45) is 6.73. The molecule has 2 amide bonds. The summed E-state index contributed by atoms with van der Waals surface area (Å²) in [6.45, 7) is 0. The number of aromatic hydroxyl groups is 2. The van der Waals surface area contributed by atoms with Gasteiger partial charge in [0, 0.05) is 17.7 Å². The van der Waals surface area contributed by atoms with Crippen molar-refractivity contribution in [2.24, 2.45) is 28.8 Å². The first kappa shape index (κ1) is 16.2. The summed E-state index contributed by atoms with van der Waals surface area (Å²) in [4.78, 5) is 35.3. The molecule has 4 aliphatic rings. The minimum atomic E-state index is -0.809. The van der Waals surface area contributed by atoms with E-state index >= 15 is 0 Å². The summed E-state index contributed by atoms with van der Waals surface area (Å²) >= 11 is 0. The van der Waals surface area contributed by atoms with E-state index in [0.29, 0.717) is 0 Å². The van der Waals surface area contributed by atoms with Crippen molar-refractivity contribution in [1.29, 1.82) is 0 Å². The van der Waals surface area contributed by atoms with Crippen molar-refractivity contribution in [2.45, 2.75) is 12.8 Å². The third kappa shape index (κ3) is 2.27. The summed E-state index contributed by atoms with van der Waals surface area (Å²) in [6, 6.07) is 1.74. The highest BCUT2D eigenvalue weighted by Crippen LogP contribution is 2.49. The zero-order valence-electron chi connectivity index (χ0n) is 13.5. The maximum Gasteiger partial charge on any atom is 0.311 e. The van der Waals surface area contributed by atoms with E-state index in [1.807, 2.05) is 12.2 Å². The Labute approximate surface area is 147 Å². The van der Waals surface area contributed by atoms with E-state index in [2.05, 4.69) is 5.10 Å². The number of phenols is 2. The van der Waals surface area contributed by atoms with Crippen LogP contribution in [0, 0.1) is 33.8 Å². The smallest absolute Gasteiger partial charge is 0.311 e. The molecule has 2 N–H and O–H groups in total. The highest BCUT2D eigenvalue weighted by atomic mass is 16.6. The number of carbonyl (C=O) groups excluding carboxylic acids is 2. The van der Waals surface area contributed by atoms with E-state index in [0.717, 1.165) is 36.2 Å². The van der Waals surface area contributed by atoms with Gasteiger partial charge < -0.3 is 10.2 Å². The molecule has 134 valence electrons. The number of rotatable bonds is 3. The summed E-state index contributed by atoms with van der Waals surface area (Å²) in [5.41, 5.74) is -0.690. The fourth-order valence-electron chi connectivity index (χ4n) is 4.12. The standard InChI is InChI=1S/C17H15N3O6/c21-12-6-13(22)11(20(25)26)5-10(12)7-18-19-16(23)14-8-1-2-9(4-3-8)15(14)17(19)24/h1-2,5-9,14-15,21-22H,3-4H2/b18-7-/t8-,9-,14-,15-/m0/s1. The molecule has 0 unspecified atom stereocenters. The van der Waals surface area contributed by atoms with Crippen LogP contribution in [0.2, 0.25) is 0 Å². The van der Waals surface area contributed by atoms with E-state index in [9.17, 15) is 29.9 Å². The number of carbonyl (C=O) groups is 2. The number of hydrogen-bond acceptors (Lipinski definition) is 7. The van der Waals surface area contributed by atoms with Crippen LogP contribution in [0.3, 0.4) is 0 Å². The Hall–Kier alpha value is -3.23. The van der Waals surface area contributed by atoms with Gasteiger partial charge in [-0.3, -0.25) is 19.7 Å². The largest absolute Gasteiger partial charge is 0.507 e. The molecule has 4 atom stereocenters. The van der Waals surface area contributed by atoms with E-state index < -0.39 is 33.9 Å². The normalized spacial score (nSPS) is 29.6. The predicted octanol–water partition coefficient (Wildman–Crippen LogP) is 1.54. The summed E-state index contributed by atoms with van der Waals surface area (Å²) in [5, 5.41) is 34.9. The van der Waals surface area contributed by atoms with E-state index in [-0.39, 0.29) is 29.2 Å². The zero-order valence-corrected chi connectivity index (χ0v) is 13.5. The monoisotopic (exact) mass is 357 g/mol. The van der Waals surface area contributed by atoms with E-state index in [1.54, 1.807) is 0 Å². The van der Waals surface area contributed by atoms with Gasteiger partial charge in [-0.1, -0.05) is 12.2 Å². The van der Waals surface area contributed by atoms with Crippen molar-refractivity contribution in [3.8, 4) is 11.5 Å². The van der Waals surface area contributed by atoms with Crippen molar-refractivity contribution < 1.29 is 24.7 Å². The van der Waals surface area contributed by atoms with Gasteiger partial charge in [-0.2, -0.15) is 10.1 Å². The Balaban J connectivity index is 1.64. The number of allylic oxidation sites excluding steroid dienone is 2. The number of amides is 2. The lowest BCUT2D eigenvalue weighted by atomic mass is 9.63. The predicted molar refractivity (Wildman–Crippen MR) is 88.2 cm³/mol. The zero-order chi connectivity index (χ0) is 18.6. The quantitative estimate of drug-likeness (QED) is 0.277. The Bertz CT molecular complexity index is 861. The molecular formula is C17H15N3O6. The van der Waals surface area contributed by atoms with Crippen molar-refractivity contribution in [3.05, 3.63) is 40.0 Å². The van der Waals surface area contributed by atoms with Gasteiger partial charge in [-0.15, -0.1) is 0 Å². The van der Waals surface area contributed by atoms with Crippen molar-refractivity contribution >= 4 is 23.7 Å². The maximum atomic E-state index is 12.6. The fraction of sp³-hybridized carbons (Fsp3) is 0.353. The average molecular weight is 357 g/mol. The lowest BCUT2D eigenvalue weighted by Gasteiger charge is -2.37. The first-order chi connectivity index (χ1) is 12.4. The molecule has 2 bridgehead atoms. The minimum absolute atomic E-state index is 0.0322. The van der Waals surface area contributed by atoms with Crippen LogP contribution in [-0.4, -0.2) is 38.2 Å². The number of phenolic OH excluding ortho intramolecular Hbond substituents is 2. The highest BCUT2D eigenvalue weighted by molar-refractivity contribution is 6.06. The Morgan fingerprint density at radius 3 is 2.15 bits per heavy atom. The van der Waals surface area contributed by atoms with Gasteiger partial charge in [0.05, 0.1) is 23.0 Å². The number of nitro benzene ring substituents is 1. The molecule has 1 saturated carbocycles. The van der Waals surface area contributed by atoms with Gasteiger partial charge in [0.25, 0.3) is 11.8 Å². The lowest BCUT2D eigenvalue weighted by molar-refractivity contribution is -0.385. The lowest BCUT2D eigenvalue weighted by Crippen LogP contribution is -2.38. The molecule has 1 saturated heterocycles. The molecule has 9 nitrogen and oxygen atoms in total. The molecule has 3 aliphatic carbocycles. The van der Waals surface area contributed by atoms with Gasteiger partial charge in [-0.25, -0.2) is 0 Å². The molecule has 2 fully saturated rings. The molecule has 1 aromatic rings. The molecule has 1 heterocycles. The van der Waals surface area contributed by atoms with Gasteiger partial charge in [-0.05, 0) is 24.7 Å². The molecular weight excluding hydrogens is 342 g/mol. The second-order valence-corrected chi connectivity index (χ2v) is 6.73. The summed E-state index contributed by atoms with van der Waals surface area (Å²) in [7, 11) is 0. The third-order valence-electron chi connectivity index (χ3n) is 5.37. The Kier molecular flexibility index (Phi) is 3.53. The number of fused-ring (bicyclic) bond motifs is 1. The second kappa shape index (κ2) is 5.65. The Morgan fingerprint density at radius 1 is 1.08 bits per heavy atom. The summed E-state index contributed by atoms with van der Waals surface area (Å²) < 4.78 is 0. The number of nitro groups is 1. The van der Waals surface area contributed by atoms with Crippen LogP contribution in [0.25, 0.3) is 0 Å². The molecule has 0 aromatic heterocycles. The maximum absolute atomic E-state index is 12.6. The first-order valence-electron chi connectivity index (χ1n) is 8.19. The van der Waals surface area contributed by atoms with Crippen molar-refractivity contribution in [3.63, 3.8) is 0 Å². The number of hydrogen-bond donors (Lipinski definition) is 2. The van der Waals surface area contributed by atoms with Crippen LogP contribution < -0.4 is 0 Å². The summed E-state index contributed by atoms with van der Waals surface area (Å²) in [5.74, 6) is -2.67. The van der Waals surface area contributed by atoms with Gasteiger partial charge in [0.15, 0.2) is 5.75 Å². The van der Waals surface area contributed by atoms with Crippen LogP contribution in [0.5, 0.6) is 11.5 Å². The van der Waals surface area contributed by atoms with Crippen LogP contribution >= 0.6 is 0 Å². The molecule has 0 radical (unpaired) electrons. The van der Waals surface area contributed by atoms with Gasteiger partial charge >= 0.3 is 5.69 Å². The molecule has 26 heavy (non-hydrogen) atoms. The van der Waals surface area contributed by atoms with Crippen LogP contribution in [0.15, 0.2) is 29.4 Å². The van der Waals surface area contributed by atoms with Gasteiger partial charge in [0.1, 0.15) is 5.75 Å². The number of benzene rings is 1. The van der Waals surface area contributed by atoms with E-state index in [1.165, 1.54) is 0 Å². The van der Waals surface area contributed by atoms with E-state index in [4.69, 9.17) is 0 Å². The second-order valence-electron chi connectivity index (χ2n) is 6.73. The highest BCUT2D eigenvalue weighted by Gasteiger charge is 2.56. The number of imide groups is 1. The molecule has 9 heteroatoms. The average Bonchev–Trinajstić information content (AvgIpc) is 2.88. The fourth-order valence-corrected chi connectivity index (χ4v) is 4.12. The molecule has 5 rings (SSSR count). The molecule has 1 aliphatic heterocycles. The topological polar surface area (TPSA) is 133 Å². The number of nitrogens with zero attached hydrogens (tertiary/aromatic N) is 3.